The number of hydrogen-bond acceptors (Lipinski definition) is 5. The molecular formula is C19H15BrFNO4S. The molecule has 0 bridgehead atoms. The minimum atomic E-state index is -0.494. The van der Waals surface area contributed by atoms with E-state index in [0.29, 0.717) is 16.6 Å². The average Bonchev–Trinajstić information content (AvgIpc) is 2.88. The van der Waals surface area contributed by atoms with E-state index >= 15 is 0 Å². The molecule has 0 aliphatic carbocycles. The molecule has 5 nitrogen and oxygen atoms in total. The third kappa shape index (κ3) is 4.17. The first-order chi connectivity index (χ1) is 12.9. The lowest BCUT2D eigenvalue weighted by atomic mass is 10.1. The minimum absolute atomic E-state index is 0.0338. The van der Waals surface area contributed by atoms with Crippen molar-refractivity contribution in [3.05, 3.63) is 62.7 Å². The van der Waals surface area contributed by atoms with Gasteiger partial charge in [-0.3, -0.25) is 14.5 Å². The van der Waals surface area contributed by atoms with Gasteiger partial charge < -0.3 is 9.84 Å². The SMILES string of the molecule is CCOc1cc(/C=C2\SC(=O)N(Cc3ccccc3F)C2=O)c(Br)cc1O. The van der Waals surface area contributed by atoms with Crippen molar-refractivity contribution in [3.63, 3.8) is 0 Å². The highest BCUT2D eigenvalue weighted by Gasteiger charge is 2.35. The zero-order chi connectivity index (χ0) is 19.6. The molecule has 2 aromatic rings. The second kappa shape index (κ2) is 8.14. The molecule has 1 N–H and O–H groups in total. The van der Waals surface area contributed by atoms with Crippen LogP contribution in [-0.4, -0.2) is 27.8 Å². The Bertz CT molecular complexity index is 947. The highest BCUT2D eigenvalue weighted by Crippen LogP contribution is 2.38. The van der Waals surface area contributed by atoms with Gasteiger partial charge in [-0.1, -0.05) is 34.1 Å². The molecule has 140 valence electrons. The summed E-state index contributed by atoms with van der Waals surface area (Å²) < 4.78 is 19.7. The number of ether oxygens (including phenoxy) is 1. The molecule has 2 amide bonds. The van der Waals surface area contributed by atoms with Gasteiger partial charge >= 0.3 is 0 Å². The molecule has 27 heavy (non-hydrogen) atoms. The maximum absolute atomic E-state index is 13.8. The number of rotatable bonds is 5. The Hall–Kier alpha value is -2.32. The number of thioether (sulfide) groups is 1. The van der Waals surface area contributed by atoms with Gasteiger partial charge in [-0.05, 0) is 48.5 Å². The Kier molecular flexibility index (Phi) is 5.86. The molecule has 0 radical (unpaired) electrons. The summed E-state index contributed by atoms with van der Waals surface area (Å²) in [5.74, 6) is -0.722. The first kappa shape index (κ1) is 19.4. The fraction of sp³-hybridized carbons (Fsp3) is 0.158. The van der Waals surface area contributed by atoms with Crippen LogP contribution in [-0.2, 0) is 11.3 Å². The zero-order valence-electron chi connectivity index (χ0n) is 14.2. The van der Waals surface area contributed by atoms with Crippen molar-refractivity contribution in [2.75, 3.05) is 6.61 Å². The third-order valence-electron chi connectivity index (χ3n) is 3.82. The summed E-state index contributed by atoms with van der Waals surface area (Å²) in [6.45, 7) is 2.03. The van der Waals surface area contributed by atoms with Crippen LogP contribution < -0.4 is 4.74 Å². The fourth-order valence-corrected chi connectivity index (χ4v) is 3.79. The standard InChI is InChI=1S/C19H15BrFNO4S/c1-2-26-16-7-12(13(20)9-15(16)23)8-17-18(24)22(19(25)27-17)10-11-5-3-4-6-14(11)21/h3-9,23H,2,10H2,1H3/b17-8-. The van der Waals surface area contributed by atoms with Gasteiger partial charge in [0.25, 0.3) is 11.1 Å². The van der Waals surface area contributed by atoms with E-state index in [-0.39, 0.29) is 28.5 Å². The van der Waals surface area contributed by atoms with E-state index in [2.05, 4.69) is 15.9 Å². The predicted octanol–water partition coefficient (Wildman–Crippen LogP) is 4.93. The van der Waals surface area contributed by atoms with Gasteiger partial charge in [0.05, 0.1) is 18.1 Å². The summed E-state index contributed by atoms with van der Waals surface area (Å²) in [7, 11) is 0. The number of halogens is 2. The number of benzene rings is 2. The summed E-state index contributed by atoms with van der Waals surface area (Å²) in [4.78, 5) is 26.1. The van der Waals surface area contributed by atoms with E-state index in [1.54, 1.807) is 25.1 Å². The molecular weight excluding hydrogens is 437 g/mol. The Morgan fingerprint density at radius 1 is 1.30 bits per heavy atom. The van der Waals surface area contributed by atoms with Crippen molar-refractivity contribution in [2.45, 2.75) is 13.5 Å². The largest absolute Gasteiger partial charge is 0.504 e. The lowest BCUT2D eigenvalue weighted by molar-refractivity contribution is -0.123. The number of carbonyl (C=O) groups excluding carboxylic acids is 2. The number of phenols is 1. The second-order valence-electron chi connectivity index (χ2n) is 5.63. The monoisotopic (exact) mass is 451 g/mol. The van der Waals surface area contributed by atoms with Gasteiger partial charge in [-0.15, -0.1) is 0 Å². The number of aromatic hydroxyl groups is 1. The normalized spacial score (nSPS) is 15.7. The zero-order valence-corrected chi connectivity index (χ0v) is 16.6. The Labute approximate surface area is 167 Å². The predicted molar refractivity (Wildman–Crippen MR) is 105 cm³/mol. The van der Waals surface area contributed by atoms with Crippen molar-refractivity contribution in [2.24, 2.45) is 0 Å². The second-order valence-corrected chi connectivity index (χ2v) is 7.48. The first-order valence-electron chi connectivity index (χ1n) is 8.04. The van der Waals surface area contributed by atoms with Gasteiger partial charge in [0.1, 0.15) is 5.82 Å². The van der Waals surface area contributed by atoms with E-state index < -0.39 is 17.0 Å². The Morgan fingerprint density at radius 3 is 2.74 bits per heavy atom. The van der Waals surface area contributed by atoms with E-state index in [9.17, 15) is 19.1 Å². The lowest BCUT2D eigenvalue weighted by Crippen LogP contribution is -2.27. The molecule has 0 aromatic heterocycles. The molecule has 0 saturated carbocycles. The summed E-state index contributed by atoms with van der Waals surface area (Å²) in [5, 5.41) is 9.42. The number of carbonyl (C=O) groups is 2. The van der Waals surface area contributed by atoms with Crippen LogP contribution in [0.2, 0.25) is 0 Å². The molecule has 1 heterocycles. The summed E-state index contributed by atoms with van der Waals surface area (Å²) in [6, 6.07) is 9.05. The number of amides is 2. The van der Waals surface area contributed by atoms with Crippen LogP contribution in [0.5, 0.6) is 11.5 Å². The maximum atomic E-state index is 13.8. The highest BCUT2D eigenvalue weighted by atomic mass is 79.9. The molecule has 1 saturated heterocycles. The lowest BCUT2D eigenvalue weighted by Gasteiger charge is -2.13. The summed E-state index contributed by atoms with van der Waals surface area (Å²) in [6.07, 6.45) is 1.54. The van der Waals surface area contributed by atoms with E-state index in [0.717, 1.165) is 16.7 Å². The molecule has 2 aromatic carbocycles. The van der Waals surface area contributed by atoms with Crippen molar-refractivity contribution < 1.29 is 23.8 Å². The van der Waals surface area contributed by atoms with Crippen LogP contribution in [0, 0.1) is 5.82 Å². The van der Waals surface area contributed by atoms with Gasteiger partial charge in [-0.25, -0.2) is 4.39 Å². The van der Waals surface area contributed by atoms with E-state index in [1.807, 2.05) is 0 Å². The highest BCUT2D eigenvalue weighted by molar-refractivity contribution is 9.10. The first-order valence-corrected chi connectivity index (χ1v) is 9.65. The van der Waals surface area contributed by atoms with Gasteiger partial charge in [0, 0.05) is 10.0 Å². The molecule has 0 atom stereocenters. The van der Waals surface area contributed by atoms with E-state index in [4.69, 9.17) is 4.74 Å². The maximum Gasteiger partial charge on any atom is 0.293 e. The molecule has 8 heteroatoms. The van der Waals surface area contributed by atoms with Crippen molar-refractivity contribution in [3.8, 4) is 11.5 Å². The third-order valence-corrected chi connectivity index (χ3v) is 5.42. The van der Waals surface area contributed by atoms with Crippen LogP contribution in [0.25, 0.3) is 6.08 Å². The van der Waals surface area contributed by atoms with Gasteiger partial charge in [-0.2, -0.15) is 0 Å². The van der Waals surface area contributed by atoms with Crippen molar-refractivity contribution in [1.29, 1.82) is 0 Å². The Balaban J connectivity index is 1.88. The van der Waals surface area contributed by atoms with Gasteiger partial charge in [0.2, 0.25) is 0 Å². The van der Waals surface area contributed by atoms with Crippen molar-refractivity contribution >= 4 is 44.9 Å². The number of nitrogens with zero attached hydrogens (tertiary/aromatic N) is 1. The summed E-state index contributed by atoms with van der Waals surface area (Å²) >= 11 is 4.11. The smallest absolute Gasteiger partial charge is 0.293 e. The van der Waals surface area contributed by atoms with Crippen LogP contribution in [0.1, 0.15) is 18.1 Å². The minimum Gasteiger partial charge on any atom is -0.504 e. The summed E-state index contributed by atoms with van der Waals surface area (Å²) in [5.41, 5.74) is 0.845. The topological polar surface area (TPSA) is 66.8 Å². The molecule has 1 aliphatic heterocycles. The molecule has 0 unspecified atom stereocenters. The molecule has 3 rings (SSSR count). The van der Waals surface area contributed by atoms with Crippen LogP contribution in [0.3, 0.4) is 0 Å². The van der Waals surface area contributed by atoms with Crippen LogP contribution >= 0.6 is 27.7 Å². The van der Waals surface area contributed by atoms with E-state index in [1.165, 1.54) is 24.3 Å². The fourth-order valence-electron chi connectivity index (χ4n) is 2.51. The number of phenolic OH excluding ortho intramolecular Hbond substituents is 1. The van der Waals surface area contributed by atoms with Gasteiger partial charge in [0.15, 0.2) is 11.5 Å². The molecule has 0 spiro atoms. The number of imide groups is 1. The number of hydrogen-bond donors (Lipinski definition) is 1. The Morgan fingerprint density at radius 2 is 2.04 bits per heavy atom. The van der Waals surface area contributed by atoms with Crippen LogP contribution in [0.15, 0.2) is 45.8 Å². The molecule has 1 aliphatic rings. The quantitative estimate of drug-likeness (QED) is 0.652. The molecule has 1 fully saturated rings. The van der Waals surface area contributed by atoms with Crippen LogP contribution in [0.4, 0.5) is 9.18 Å². The average molecular weight is 452 g/mol. The van der Waals surface area contributed by atoms with Crippen molar-refractivity contribution in [1.82, 2.24) is 4.90 Å².